The quantitative estimate of drug-likeness (QED) is 0.461. The minimum absolute atomic E-state index is 0.0103. The first-order valence-corrected chi connectivity index (χ1v) is 6.25. The highest BCUT2D eigenvalue weighted by Crippen LogP contribution is 2.13. The summed E-state index contributed by atoms with van der Waals surface area (Å²) in [6, 6.07) is 5.79. The standard InChI is InChI=1S/C13H17N3O3/c1-14-6-8-15(9-7-14)10-13(17)11-2-4-12(5-3-11)16(18)19/h2-5H,6-10H2,1H3. The van der Waals surface area contributed by atoms with E-state index in [-0.39, 0.29) is 11.5 Å². The van der Waals surface area contributed by atoms with Crippen LogP contribution in [0.5, 0.6) is 0 Å². The van der Waals surface area contributed by atoms with Gasteiger partial charge in [0, 0.05) is 43.9 Å². The molecule has 0 unspecified atom stereocenters. The van der Waals surface area contributed by atoms with Gasteiger partial charge in [-0.05, 0) is 19.2 Å². The second kappa shape index (κ2) is 5.90. The van der Waals surface area contributed by atoms with E-state index in [4.69, 9.17) is 0 Å². The molecule has 1 fully saturated rings. The van der Waals surface area contributed by atoms with E-state index in [1.807, 2.05) is 0 Å². The van der Waals surface area contributed by atoms with Crippen molar-refractivity contribution in [3.05, 3.63) is 39.9 Å². The molecule has 0 aliphatic carbocycles. The lowest BCUT2D eigenvalue weighted by molar-refractivity contribution is -0.384. The van der Waals surface area contributed by atoms with Crippen LogP contribution in [-0.4, -0.2) is 60.3 Å². The van der Waals surface area contributed by atoms with Crippen molar-refractivity contribution in [2.24, 2.45) is 0 Å². The minimum atomic E-state index is -0.464. The number of carbonyl (C=O) groups is 1. The van der Waals surface area contributed by atoms with Crippen LogP contribution in [-0.2, 0) is 0 Å². The van der Waals surface area contributed by atoms with Crippen molar-refractivity contribution in [3.63, 3.8) is 0 Å². The van der Waals surface area contributed by atoms with E-state index in [9.17, 15) is 14.9 Å². The number of hydrogen-bond donors (Lipinski definition) is 0. The highest BCUT2D eigenvalue weighted by atomic mass is 16.6. The maximum atomic E-state index is 12.1. The van der Waals surface area contributed by atoms with Gasteiger partial charge in [0.1, 0.15) is 0 Å². The third kappa shape index (κ3) is 3.59. The number of nitro groups is 1. The molecule has 0 atom stereocenters. The molecule has 0 N–H and O–H groups in total. The fourth-order valence-electron chi connectivity index (χ4n) is 2.07. The summed E-state index contributed by atoms with van der Waals surface area (Å²) in [5.41, 5.74) is 0.542. The molecule has 0 bridgehead atoms. The number of piperazine rings is 1. The Bertz CT molecular complexity index is 465. The van der Waals surface area contributed by atoms with E-state index in [2.05, 4.69) is 16.8 Å². The Balaban J connectivity index is 1.94. The Kier molecular flexibility index (Phi) is 4.24. The average molecular weight is 263 g/mol. The number of nitrogens with zero attached hydrogens (tertiary/aromatic N) is 3. The van der Waals surface area contributed by atoms with Gasteiger partial charge in [0.15, 0.2) is 5.78 Å². The van der Waals surface area contributed by atoms with Gasteiger partial charge in [-0.1, -0.05) is 0 Å². The lowest BCUT2D eigenvalue weighted by atomic mass is 10.1. The summed E-state index contributed by atoms with van der Waals surface area (Å²) < 4.78 is 0. The molecule has 0 radical (unpaired) electrons. The number of nitro benzene ring substituents is 1. The molecule has 6 nitrogen and oxygen atoms in total. The summed E-state index contributed by atoms with van der Waals surface area (Å²) in [6.45, 7) is 4.08. The zero-order valence-electron chi connectivity index (χ0n) is 10.9. The fraction of sp³-hybridized carbons (Fsp3) is 0.462. The number of hydrogen-bond acceptors (Lipinski definition) is 5. The molecule has 0 aromatic heterocycles. The molecule has 1 saturated heterocycles. The van der Waals surface area contributed by atoms with Gasteiger partial charge in [-0.25, -0.2) is 0 Å². The number of Topliss-reactive ketones (excluding diaryl/α,β-unsaturated/α-hetero) is 1. The second-order valence-electron chi connectivity index (χ2n) is 4.81. The average Bonchev–Trinajstić information content (AvgIpc) is 2.41. The normalized spacial score (nSPS) is 17.3. The molecule has 6 heteroatoms. The third-order valence-corrected chi connectivity index (χ3v) is 3.36. The van der Waals surface area contributed by atoms with Gasteiger partial charge in [-0.3, -0.25) is 19.8 Å². The Hall–Kier alpha value is -1.79. The van der Waals surface area contributed by atoms with Crippen molar-refractivity contribution < 1.29 is 9.72 Å². The third-order valence-electron chi connectivity index (χ3n) is 3.36. The van der Waals surface area contributed by atoms with E-state index >= 15 is 0 Å². The van der Waals surface area contributed by atoms with Crippen LogP contribution >= 0.6 is 0 Å². The maximum Gasteiger partial charge on any atom is 0.269 e. The summed E-state index contributed by atoms with van der Waals surface area (Å²) in [4.78, 5) is 26.5. The maximum absolute atomic E-state index is 12.1. The van der Waals surface area contributed by atoms with Crippen LogP contribution in [0.2, 0.25) is 0 Å². The number of benzene rings is 1. The monoisotopic (exact) mass is 263 g/mol. The predicted molar refractivity (Wildman–Crippen MR) is 71.4 cm³/mol. The van der Waals surface area contributed by atoms with Gasteiger partial charge in [-0.2, -0.15) is 0 Å². The Morgan fingerprint density at radius 3 is 2.32 bits per heavy atom. The smallest absolute Gasteiger partial charge is 0.269 e. The molecule has 1 aliphatic rings. The van der Waals surface area contributed by atoms with Crippen molar-refractivity contribution in [1.29, 1.82) is 0 Å². The molecule has 102 valence electrons. The van der Waals surface area contributed by atoms with Gasteiger partial charge in [0.25, 0.3) is 5.69 Å². The van der Waals surface area contributed by atoms with E-state index in [1.165, 1.54) is 24.3 Å². The number of likely N-dealkylation sites (N-methyl/N-ethyl adjacent to an activating group) is 1. The van der Waals surface area contributed by atoms with Crippen LogP contribution < -0.4 is 0 Å². The Morgan fingerprint density at radius 2 is 1.79 bits per heavy atom. The predicted octanol–water partition coefficient (Wildman–Crippen LogP) is 1.02. The zero-order chi connectivity index (χ0) is 13.8. The van der Waals surface area contributed by atoms with Crippen LogP contribution in [0.4, 0.5) is 5.69 Å². The van der Waals surface area contributed by atoms with Crippen LogP contribution in [0.25, 0.3) is 0 Å². The van der Waals surface area contributed by atoms with Crippen molar-refractivity contribution in [1.82, 2.24) is 9.80 Å². The highest BCUT2D eigenvalue weighted by Gasteiger charge is 2.17. The van der Waals surface area contributed by atoms with Crippen LogP contribution in [0.3, 0.4) is 0 Å². The Labute approximate surface area is 111 Å². The summed E-state index contributed by atoms with van der Waals surface area (Å²) in [5.74, 6) is 0.0134. The molecule has 19 heavy (non-hydrogen) atoms. The molecule has 0 spiro atoms. The van der Waals surface area contributed by atoms with Crippen molar-refractivity contribution in [2.45, 2.75) is 0 Å². The summed E-state index contributed by atoms with van der Waals surface area (Å²) in [5, 5.41) is 10.5. The number of non-ortho nitro benzene ring substituents is 1. The van der Waals surface area contributed by atoms with E-state index in [1.54, 1.807) is 0 Å². The lowest BCUT2D eigenvalue weighted by Gasteiger charge is -2.31. The molecule has 1 aliphatic heterocycles. The summed E-state index contributed by atoms with van der Waals surface area (Å²) >= 11 is 0. The Morgan fingerprint density at radius 1 is 1.21 bits per heavy atom. The molecule has 1 heterocycles. The van der Waals surface area contributed by atoms with Gasteiger partial charge >= 0.3 is 0 Å². The topological polar surface area (TPSA) is 66.7 Å². The van der Waals surface area contributed by atoms with Crippen LogP contribution in [0.15, 0.2) is 24.3 Å². The van der Waals surface area contributed by atoms with E-state index in [0.717, 1.165) is 26.2 Å². The minimum Gasteiger partial charge on any atom is -0.304 e. The van der Waals surface area contributed by atoms with Gasteiger partial charge < -0.3 is 4.90 Å². The number of ketones is 1. The van der Waals surface area contributed by atoms with Crippen molar-refractivity contribution in [3.8, 4) is 0 Å². The molecule has 0 saturated carbocycles. The molecule has 2 rings (SSSR count). The number of rotatable bonds is 4. The molecule has 0 amide bonds. The van der Waals surface area contributed by atoms with Gasteiger partial charge in [-0.15, -0.1) is 0 Å². The second-order valence-corrected chi connectivity index (χ2v) is 4.81. The first kappa shape index (κ1) is 13.6. The largest absolute Gasteiger partial charge is 0.304 e. The van der Waals surface area contributed by atoms with Gasteiger partial charge in [0.05, 0.1) is 11.5 Å². The SMILES string of the molecule is CN1CCN(CC(=O)c2ccc([N+](=O)[O-])cc2)CC1. The van der Waals surface area contributed by atoms with Crippen molar-refractivity contribution >= 4 is 11.5 Å². The molecule has 1 aromatic carbocycles. The zero-order valence-corrected chi connectivity index (χ0v) is 10.9. The lowest BCUT2D eigenvalue weighted by Crippen LogP contribution is -2.46. The van der Waals surface area contributed by atoms with Gasteiger partial charge in [0.2, 0.25) is 0 Å². The number of carbonyl (C=O) groups excluding carboxylic acids is 1. The first-order valence-electron chi connectivity index (χ1n) is 6.25. The van der Waals surface area contributed by atoms with E-state index in [0.29, 0.717) is 12.1 Å². The summed E-state index contributed by atoms with van der Waals surface area (Å²) in [7, 11) is 2.06. The molecular weight excluding hydrogens is 246 g/mol. The fourth-order valence-corrected chi connectivity index (χ4v) is 2.07. The molecular formula is C13H17N3O3. The highest BCUT2D eigenvalue weighted by molar-refractivity contribution is 5.97. The van der Waals surface area contributed by atoms with Crippen LogP contribution in [0.1, 0.15) is 10.4 Å². The first-order chi connectivity index (χ1) is 9.06. The summed E-state index contributed by atoms with van der Waals surface area (Å²) in [6.07, 6.45) is 0. The van der Waals surface area contributed by atoms with Crippen molar-refractivity contribution in [2.75, 3.05) is 39.8 Å². The molecule has 1 aromatic rings. The van der Waals surface area contributed by atoms with Crippen LogP contribution in [0, 0.1) is 10.1 Å². The van der Waals surface area contributed by atoms with E-state index < -0.39 is 4.92 Å².